The van der Waals surface area contributed by atoms with Gasteiger partial charge in [-0.3, -0.25) is 4.79 Å². The summed E-state index contributed by atoms with van der Waals surface area (Å²) in [6.45, 7) is 2.74. The Morgan fingerprint density at radius 3 is 2.47 bits per heavy atom. The Bertz CT molecular complexity index is 362. The van der Waals surface area contributed by atoms with Gasteiger partial charge in [-0.2, -0.15) is 12.6 Å². The lowest BCUT2D eigenvalue weighted by molar-refractivity contribution is 0.0794. The van der Waals surface area contributed by atoms with Crippen LogP contribution in [-0.4, -0.2) is 36.8 Å². The standard InChI is InChI=1S/C13H19NO2S/c1-10(17)8-9-14(2)13(15)11-4-6-12(16-3)7-5-11/h4-7,10,17H,8-9H2,1-3H3. The highest BCUT2D eigenvalue weighted by Crippen LogP contribution is 2.13. The van der Waals surface area contributed by atoms with Gasteiger partial charge >= 0.3 is 0 Å². The van der Waals surface area contributed by atoms with Crippen molar-refractivity contribution in [1.82, 2.24) is 4.90 Å². The molecule has 1 aromatic rings. The van der Waals surface area contributed by atoms with Crippen LogP contribution in [0.4, 0.5) is 0 Å². The molecule has 0 aliphatic heterocycles. The van der Waals surface area contributed by atoms with E-state index in [1.165, 1.54) is 0 Å². The number of carbonyl (C=O) groups excluding carboxylic acids is 1. The predicted molar refractivity (Wildman–Crippen MR) is 73.0 cm³/mol. The minimum absolute atomic E-state index is 0.0293. The van der Waals surface area contributed by atoms with Gasteiger partial charge in [-0.05, 0) is 30.7 Å². The van der Waals surface area contributed by atoms with Crippen molar-refractivity contribution in [2.75, 3.05) is 20.7 Å². The molecule has 1 rings (SSSR count). The van der Waals surface area contributed by atoms with Gasteiger partial charge in [0.2, 0.25) is 0 Å². The maximum atomic E-state index is 12.0. The van der Waals surface area contributed by atoms with Crippen molar-refractivity contribution in [3.8, 4) is 5.75 Å². The first-order valence-electron chi connectivity index (χ1n) is 5.62. The number of thiol groups is 1. The molecule has 0 heterocycles. The van der Waals surface area contributed by atoms with Crippen LogP contribution in [0, 0.1) is 0 Å². The van der Waals surface area contributed by atoms with E-state index in [0.717, 1.165) is 18.7 Å². The lowest BCUT2D eigenvalue weighted by Crippen LogP contribution is -2.28. The fourth-order valence-corrected chi connectivity index (χ4v) is 1.55. The largest absolute Gasteiger partial charge is 0.497 e. The van der Waals surface area contributed by atoms with Crippen molar-refractivity contribution in [1.29, 1.82) is 0 Å². The summed E-state index contributed by atoms with van der Waals surface area (Å²) < 4.78 is 5.05. The SMILES string of the molecule is COc1ccc(C(=O)N(C)CCC(C)S)cc1. The summed E-state index contributed by atoms with van der Waals surface area (Å²) in [4.78, 5) is 13.7. The maximum absolute atomic E-state index is 12.0. The second-order valence-corrected chi connectivity index (χ2v) is 4.97. The molecule has 0 radical (unpaired) electrons. The number of carbonyl (C=O) groups is 1. The zero-order chi connectivity index (χ0) is 12.8. The third-order valence-corrected chi connectivity index (χ3v) is 2.82. The molecule has 0 aliphatic carbocycles. The Morgan fingerprint density at radius 1 is 1.41 bits per heavy atom. The van der Waals surface area contributed by atoms with E-state index in [9.17, 15) is 4.79 Å². The molecule has 4 heteroatoms. The van der Waals surface area contributed by atoms with Crippen LogP contribution >= 0.6 is 12.6 Å². The molecule has 0 aromatic heterocycles. The molecule has 0 saturated carbocycles. The van der Waals surface area contributed by atoms with Crippen LogP contribution in [-0.2, 0) is 0 Å². The van der Waals surface area contributed by atoms with Crippen LogP contribution in [0.3, 0.4) is 0 Å². The summed E-state index contributed by atoms with van der Waals surface area (Å²) in [7, 11) is 3.42. The summed E-state index contributed by atoms with van der Waals surface area (Å²) in [6.07, 6.45) is 0.890. The van der Waals surface area contributed by atoms with Gasteiger partial charge in [-0.15, -0.1) is 0 Å². The molecular formula is C13H19NO2S. The summed E-state index contributed by atoms with van der Waals surface area (Å²) >= 11 is 4.30. The minimum Gasteiger partial charge on any atom is -0.497 e. The van der Waals surface area contributed by atoms with E-state index in [1.54, 1.807) is 36.3 Å². The molecule has 94 valence electrons. The van der Waals surface area contributed by atoms with E-state index in [0.29, 0.717) is 10.8 Å². The lowest BCUT2D eigenvalue weighted by Gasteiger charge is -2.18. The Hall–Kier alpha value is -1.16. The zero-order valence-electron chi connectivity index (χ0n) is 10.5. The second-order valence-electron chi connectivity index (χ2n) is 4.09. The summed E-state index contributed by atoms with van der Waals surface area (Å²) in [5, 5.41) is 0.307. The molecule has 1 amide bonds. The highest BCUT2D eigenvalue weighted by molar-refractivity contribution is 7.80. The minimum atomic E-state index is 0.0293. The van der Waals surface area contributed by atoms with Gasteiger partial charge in [0.15, 0.2) is 0 Å². The maximum Gasteiger partial charge on any atom is 0.253 e. The molecule has 3 nitrogen and oxygen atoms in total. The summed E-state index contributed by atoms with van der Waals surface area (Å²) in [6, 6.07) is 7.15. The first kappa shape index (κ1) is 13.9. The number of rotatable bonds is 5. The second kappa shape index (κ2) is 6.55. The molecule has 17 heavy (non-hydrogen) atoms. The van der Waals surface area contributed by atoms with Gasteiger partial charge < -0.3 is 9.64 Å². The first-order valence-corrected chi connectivity index (χ1v) is 6.14. The van der Waals surface area contributed by atoms with Crippen LogP contribution in [0.25, 0.3) is 0 Å². The van der Waals surface area contributed by atoms with Crippen LogP contribution in [0.15, 0.2) is 24.3 Å². The Labute approximate surface area is 108 Å². The number of hydrogen-bond acceptors (Lipinski definition) is 3. The molecule has 1 atom stereocenters. The number of methoxy groups -OCH3 is 1. The predicted octanol–water partition coefficient (Wildman–Crippen LogP) is 2.48. The first-order chi connectivity index (χ1) is 8.04. The van der Waals surface area contributed by atoms with Crippen molar-refractivity contribution in [2.45, 2.75) is 18.6 Å². The third kappa shape index (κ3) is 4.30. The van der Waals surface area contributed by atoms with Crippen LogP contribution < -0.4 is 4.74 Å². The number of amides is 1. The lowest BCUT2D eigenvalue weighted by atomic mass is 10.2. The quantitative estimate of drug-likeness (QED) is 0.817. The third-order valence-electron chi connectivity index (χ3n) is 2.57. The molecule has 1 unspecified atom stereocenters. The van der Waals surface area contributed by atoms with Gasteiger partial charge in [-0.25, -0.2) is 0 Å². The highest BCUT2D eigenvalue weighted by Gasteiger charge is 2.11. The van der Waals surface area contributed by atoms with E-state index in [4.69, 9.17) is 4.74 Å². The van der Waals surface area contributed by atoms with Crippen molar-refractivity contribution in [2.24, 2.45) is 0 Å². The fourth-order valence-electron chi connectivity index (χ4n) is 1.44. The topological polar surface area (TPSA) is 29.5 Å². The van der Waals surface area contributed by atoms with Gasteiger partial charge in [0.1, 0.15) is 5.75 Å². The van der Waals surface area contributed by atoms with Crippen molar-refractivity contribution in [3.05, 3.63) is 29.8 Å². The van der Waals surface area contributed by atoms with Gasteiger partial charge in [0.05, 0.1) is 7.11 Å². The van der Waals surface area contributed by atoms with Crippen LogP contribution in [0.2, 0.25) is 0 Å². The molecule has 0 spiro atoms. The van der Waals surface area contributed by atoms with Crippen molar-refractivity contribution in [3.63, 3.8) is 0 Å². The fraction of sp³-hybridized carbons (Fsp3) is 0.462. The van der Waals surface area contributed by atoms with Crippen molar-refractivity contribution < 1.29 is 9.53 Å². The number of ether oxygens (including phenoxy) is 1. The smallest absolute Gasteiger partial charge is 0.253 e. The Morgan fingerprint density at radius 2 is 2.00 bits per heavy atom. The molecule has 0 aliphatic rings. The average molecular weight is 253 g/mol. The Balaban J connectivity index is 2.61. The molecule has 0 fully saturated rings. The Kier molecular flexibility index (Phi) is 5.35. The van der Waals surface area contributed by atoms with Gasteiger partial charge in [0.25, 0.3) is 5.91 Å². The number of nitrogens with zero attached hydrogens (tertiary/aromatic N) is 1. The molecule has 0 bridgehead atoms. The zero-order valence-corrected chi connectivity index (χ0v) is 11.4. The van der Waals surface area contributed by atoms with Crippen LogP contribution in [0.1, 0.15) is 23.7 Å². The normalized spacial score (nSPS) is 12.0. The van der Waals surface area contributed by atoms with E-state index >= 15 is 0 Å². The highest BCUT2D eigenvalue weighted by atomic mass is 32.1. The molecular weight excluding hydrogens is 234 g/mol. The average Bonchev–Trinajstić information content (AvgIpc) is 2.35. The molecule has 0 saturated heterocycles. The van der Waals surface area contributed by atoms with E-state index in [1.807, 2.05) is 14.0 Å². The van der Waals surface area contributed by atoms with E-state index < -0.39 is 0 Å². The number of benzene rings is 1. The van der Waals surface area contributed by atoms with Gasteiger partial charge in [-0.1, -0.05) is 6.92 Å². The monoisotopic (exact) mass is 253 g/mol. The summed E-state index contributed by atoms with van der Waals surface area (Å²) in [5.74, 6) is 0.787. The number of hydrogen-bond donors (Lipinski definition) is 1. The molecule has 1 aromatic carbocycles. The van der Waals surface area contributed by atoms with Crippen molar-refractivity contribution >= 4 is 18.5 Å². The summed E-state index contributed by atoms with van der Waals surface area (Å²) in [5.41, 5.74) is 0.681. The van der Waals surface area contributed by atoms with E-state index in [-0.39, 0.29) is 5.91 Å². The molecule has 0 N–H and O–H groups in total. The van der Waals surface area contributed by atoms with Crippen LogP contribution in [0.5, 0.6) is 5.75 Å². The van der Waals surface area contributed by atoms with Gasteiger partial charge in [0, 0.05) is 24.4 Å². The van der Waals surface area contributed by atoms with E-state index in [2.05, 4.69) is 12.6 Å².